The summed E-state index contributed by atoms with van der Waals surface area (Å²) in [5.41, 5.74) is 2.84. The summed E-state index contributed by atoms with van der Waals surface area (Å²) in [4.78, 5) is 0. The Kier molecular flexibility index (Phi) is 3.43. The van der Waals surface area contributed by atoms with Crippen molar-refractivity contribution in [2.24, 2.45) is 0 Å². The average molecular weight is 288 g/mol. The standard InChI is InChI=1S/C18H24O3/c1-13-2-3-16(21-15-4-5-15)12-17(13)14-6-8-18(9-7-14)19-10-11-20-18/h2-3,12,14-15H,4-11H2,1H3. The Morgan fingerprint density at radius 3 is 2.43 bits per heavy atom. The van der Waals surface area contributed by atoms with E-state index in [1.807, 2.05) is 0 Å². The summed E-state index contributed by atoms with van der Waals surface area (Å²) in [7, 11) is 0. The van der Waals surface area contributed by atoms with E-state index in [4.69, 9.17) is 14.2 Å². The molecule has 1 spiro atoms. The van der Waals surface area contributed by atoms with Gasteiger partial charge < -0.3 is 14.2 Å². The minimum absolute atomic E-state index is 0.257. The van der Waals surface area contributed by atoms with Crippen LogP contribution < -0.4 is 4.74 Å². The van der Waals surface area contributed by atoms with Crippen molar-refractivity contribution >= 4 is 0 Å². The average Bonchev–Trinajstić information content (AvgIpc) is 3.21. The molecule has 0 unspecified atom stereocenters. The lowest BCUT2D eigenvalue weighted by molar-refractivity contribution is -0.178. The van der Waals surface area contributed by atoms with Gasteiger partial charge in [0.2, 0.25) is 0 Å². The summed E-state index contributed by atoms with van der Waals surface area (Å²) in [5, 5.41) is 0. The van der Waals surface area contributed by atoms with Crippen molar-refractivity contribution in [1.29, 1.82) is 0 Å². The van der Waals surface area contributed by atoms with Gasteiger partial charge in [-0.1, -0.05) is 6.07 Å². The van der Waals surface area contributed by atoms with Gasteiger partial charge in [0.1, 0.15) is 5.75 Å². The van der Waals surface area contributed by atoms with E-state index in [1.165, 1.54) is 24.0 Å². The highest BCUT2D eigenvalue weighted by molar-refractivity contribution is 5.38. The van der Waals surface area contributed by atoms with E-state index >= 15 is 0 Å². The fraction of sp³-hybridized carbons (Fsp3) is 0.667. The SMILES string of the molecule is Cc1ccc(OC2CC2)cc1C1CCC2(CC1)OCCO2. The molecule has 0 aromatic heterocycles. The summed E-state index contributed by atoms with van der Waals surface area (Å²) in [6.07, 6.45) is 7.22. The van der Waals surface area contributed by atoms with Crippen molar-refractivity contribution in [3.63, 3.8) is 0 Å². The van der Waals surface area contributed by atoms with Crippen LogP contribution in [-0.2, 0) is 9.47 Å². The molecule has 1 aromatic carbocycles. The molecule has 0 atom stereocenters. The van der Waals surface area contributed by atoms with Crippen molar-refractivity contribution in [1.82, 2.24) is 0 Å². The van der Waals surface area contributed by atoms with Crippen LogP contribution in [-0.4, -0.2) is 25.1 Å². The molecular formula is C18H24O3. The fourth-order valence-corrected chi connectivity index (χ4v) is 3.66. The first-order valence-electron chi connectivity index (χ1n) is 8.29. The van der Waals surface area contributed by atoms with E-state index in [9.17, 15) is 0 Å². The summed E-state index contributed by atoms with van der Waals surface area (Å²) in [6.45, 7) is 3.73. The van der Waals surface area contributed by atoms with Crippen molar-refractivity contribution in [3.8, 4) is 5.75 Å². The molecule has 1 saturated heterocycles. The van der Waals surface area contributed by atoms with Gasteiger partial charge in [-0.25, -0.2) is 0 Å². The molecule has 0 radical (unpaired) electrons. The normalized spacial score (nSPS) is 25.4. The molecule has 0 amide bonds. The van der Waals surface area contributed by atoms with Crippen LogP contribution in [0.1, 0.15) is 55.6 Å². The molecule has 3 nitrogen and oxygen atoms in total. The van der Waals surface area contributed by atoms with E-state index in [0.717, 1.165) is 44.6 Å². The number of hydrogen-bond donors (Lipinski definition) is 0. The molecule has 1 heterocycles. The lowest BCUT2D eigenvalue weighted by Crippen LogP contribution is -2.34. The first-order chi connectivity index (χ1) is 10.2. The van der Waals surface area contributed by atoms with Crippen LogP contribution in [0, 0.1) is 6.92 Å². The molecule has 21 heavy (non-hydrogen) atoms. The maximum atomic E-state index is 5.96. The van der Waals surface area contributed by atoms with Crippen LogP contribution in [0.3, 0.4) is 0 Å². The highest BCUT2D eigenvalue weighted by Gasteiger charge is 2.40. The molecule has 2 aliphatic carbocycles. The van der Waals surface area contributed by atoms with Crippen molar-refractivity contribution < 1.29 is 14.2 Å². The molecule has 3 aliphatic rings. The van der Waals surface area contributed by atoms with Gasteiger partial charge in [-0.15, -0.1) is 0 Å². The van der Waals surface area contributed by atoms with E-state index in [0.29, 0.717) is 12.0 Å². The zero-order valence-electron chi connectivity index (χ0n) is 12.8. The van der Waals surface area contributed by atoms with E-state index in [-0.39, 0.29) is 5.79 Å². The largest absolute Gasteiger partial charge is 0.490 e. The highest BCUT2D eigenvalue weighted by atomic mass is 16.7. The van der Waals surface area contributed by atoms with Gasteiger partial charge in [0.25, 0.3) is 0 Å². The Morgan fingerprint density at radius 2 is 1.76 bits per heavy atom. The van der Waals surface area contributed by atoms with Crippen LogP contribution in [0.4, 0.5) is 0 Å². The zero-order chi connectivity index (χ0) is 14.3. The van der Waals surface area contributed by atoms with Crippen molar-refractivity contribution in [2.45, 2.75) is 63.3 Å². The highest BCUT2D eigenvalue weighted by Crippen LogP contribution is 2.43. The number of aryl methyl sites for hydroxylation is 1. The zero-order valence-corrected chi connectivity index (χ0v) is 12.8. The molecule has 4 rings (SSSR count). The number of rotatable bonds is 3. The summed E-state index contributed by atoms with van der Waals surface area (Å²) in [5.74, 6) is 1.41. The summed E-state index contributed by atoms with van der Waals surface area (Å²) < 4.78 is 17.6. The van der Waals surface area contributed by atoms with Gasteiger partial charge in [-0.05, 0) is 61.8 Å². The molecule has 0 N–H and O–H groups in total. The number of ether oxygens (including phenoxy) is 3. The van der Waals surface area contributed by atoms with Crippen LogP contribution in [0.5, 0.6) is 5.75 Å². The quantitative estimate of drug-likeness (QED) is 0.843. The predicted molar refractivity (Wildman–Crippen MR) is 80.7 cm³/mol. The number of benzene rings is 1. The van der Waals surface area contributed by atoms with Gasteiger partial charge in [0.15, 0.2) is 5.79 Å². The molecule has 0 bridgehead atoms. The first kappa shape index (κ1) is 13.6. The topological polar surface area (TPSA) is 27.7 Å². The molecule has 114 valence electrons. The minimum atomic E-state index is -0.257. The smallest absolute Gasteiger partial charge is 0.168 e. The molecule has 1 aromatic rings. The van der Waals surface area contributed by atoms with Crippen LogP contribution in [0.2, 0.25) is 0 Å². The summed E-state index contributed by atoms with van der Waals surface area (Å²) >= 11 is 0. The third kappa shape index (κ3) is 2.82. The van der Waals surface area contributed by atoms with Crippen LogP contribution >= 0.6 is 0 Å². The second-order valence-electron chi connectivity index (χ2n) is 6.72. The molecule has 3 heteroatoms. The monoisotopic (exact) mass is 288 g/mol. The minimum Gasteiger partial charge on any atom is -0.490 e. The summed E-state index contributed by atoms with van der Waals surface area (Å²) in [6, 6.07) is 6.59. The Bertz CT molecular complexity index is 505. The Balaban J connectivity index is 1.48. The fourth-order valence-electron chi connectivity index (χ4n) is 3.66. The van der Waals surface area contributed by atoms with Gasteiger partial charge >= 0.3 is 0 Å². The van der Waals surface area contributed by atoms with Gasteiger partial charge in [-0.2, -0.15) is 0 Å². The maximum absolute atomic E-state index is 5.96. The maximum Gasteiger partial charge on any atom is 0.168 e. The Morgan fingerprint density at radius 1 is 1.05 bits per heavy atom. The third-order valence-electron chi connectivity index (χ3n) is 5.08. The van der Waals surface area contributed by atoms with Crippen LogP contribution in [0.15, 0.2) is 18.2 Å². The van der Waals surface area contributed by atoms with Crippen molar-refractivity contribution in [2.75, 3.05) is 13.2 Å². The molecule has 1 aliphatic heterocycles. The predicted octanol–water partition coefficient (Wildman–Crippen LogP) is 3.94. The van der Waals surface area contributed by atoms with Gasteiger partial charge in [0, 0.05) is 12.8 Å². The lowest BCUT2D eigenvalue weighted by Gasteiger charge is -2.36. The van der Waals surface area contributed by atoms with Gasteiger partial charge in [0.05, 0.1) is 19.3 Å². The first-order valence-corrected chi connectivity index (χ1v) is 8.29. The molecular weight excluding hydrogens is 264 g/mol. The number of hydrogen-bond acceptors (Lipinski definition) is 3. The Labute approximate surface area is 126 Å². The second-order valence-corrected chi connectivity index (χ2v) is 6.72. The van der Waals surface area contributed by atoms with E-state index in [1.54, 1.807) is 0 Å². The van der Waals surface area contributed by atoms with E-state index < -0.39 is 0 Å². The third-order valence-corrected chi connectivity index (χ3v) is 5.08. The van der Waals surface area contributed by atoms with Gasteiger partial charge in [-0.3, -0.25) is 0 Å². The van der Waals surface area contributed by atoms with Crippen LogP contribution in [0.25, 0.3) is 0 Å². The molecule has 2 saturated carbocycles. The van der Waals surface area contributed by atoms with Crippen molar-refractivity contribution in [3.05, 3.63) is 29.3 Å². The Hall–Kier alpha value is -1.06. The second kappa shape index (κ2) is 5.29. The van der Waals surface area contributed by atoms with E-state index in [2.05, 4.69) is 25.1 Å². The molecule has 3 fully saturated rings. The lowest BCUT2D eigenvalue weighted by atomic mass is 9.79.